The number of halogens is 2. The van der Waals surface area contributed by atoms with Crippen molar-refractivity contribution in [3.05, 3.63) is 93.8 Å². The quantitative estimate of drug-likeness (QED) is 0.130. The third kappa shape index (κ3) is 6.61. The fourth-order valence-electron chi connectivity index (χ4n) is 7.14. The zero-order chi connectivity index (χ0) is 34.9. The molecular formula is C38H36F2N6O4. The Labute approximate surface area is 287 Å². The summed E-state index contributed by atoms with van der Waals surface area (Å²) in [5.74, 6) is 3.17. The molecule has 0 bridgehead atoms. The van der Waals surface area contributed by atoms with E-state index in [0.717, 1.165) is 53.7 Å². The Bertz CT molecular complexity index is 2080. The third-order valence-electron chi connectivity index (χ3n) is 9.83. The van der Waals surface area contributed by atoms with Gasteiger partial charge in [0.1, 0.15) is 23.5 Å². The number of benzene rings is 2. The van der Waals surface area contributed by atoms with E-state index in [1.165, 1.54) is 4.90 Å². The van der Waals surface area contributed by atoms with Gasteiger partial charge in [0.15, 0.2) is 0 Å². The van der Waals surface area contributed by atoms with E-state index in [-0.39, 0.29) is 54.6 Å². The molecular weight excluding hydrogens is 642 g/mol. The van der Waals surface area contributed by atoms with Gasteiger partial charge in [-0.1, -0.05) is 17.9 Å². The first-order valence-corrected chi connectivity index (χ1v) is 16.9. The topological polar surface area (TPSA) is 128 Å². The van der Waals surface area contributed by atoms with E-state index < -0.39 is 29.5 Å². The molecule has 3 aliphatic rings. The Hall–Kier alpha value is -5.41. The lowest BCUT2D eigenvalue weighted by Crippen LogP contribution is -2.52. The van der Waals surface area contributed by atoms with Crippen molar-refractivity contribution < 1.29 is 28.0 Å². The number of hydrogen-bond acceptors (Lipinski definition) is 6. The molecule has 0 aliphatic carbocycles. The van der Waals surface area contributed by atoms with Crippen LogP contribution < -0.4 is 10.6 Å². The molecule has 0 spiro atoms. The van der Waals surface area contributed by atoms with Gasteiger partial charge in [0, 0.05) is 71.0 Å². The summed E-state index contributed by atoms with van der Waals surface area (Å²) in [7, 11) is 2.09. The Morgan fingerprint density at radius 1 is 1.06 bits per heavy atom. The molecule has 3 aliphatic heterocycles. The second-order valence-electron chi connectivity index (χ2n) is 13.1. The van der Waals surface area contributed by atoms with E-state index in [2.05, 4.69) is 50.5 Å². The van der Waals surface area contributed by atoms with Gasteiger partial charge in [-0.25, -0.2) is 13.8 Å². The minimum absolute atomic E-state index is 0.0854. The van der Waals surface area contributed by atoms with Crippen LogP contribution in [0.15, 0.2) is 48.7 Å². The van der Waals surface area contributed by atoms with Crippen LogP contribution in [0.2, 0.25) is 0 Å². The fraction of sp³-hybridized carbons (Fsp3) is 0.342. The number of pyridine rings is 1. The maximum Gasteiger partial charge on any atom is 0.257 e. The molecule has 12 heteroatoms. The standard InChI is InChI=1S/C38H36F2N6O4/c1-45-15-7-12-32(45)31-18-24-20-41-34(19-30(24)42-31)43-36(48)23-16-28(39)26(29(40)17-23)10-5-3-2-4-8-22-9-6-11-25-27(22)21-46(38(25)50)33-13-14-35(47)44-37(33)49/h6,9,11,16-20,32-33,42H,2-3,5,7,10,12-15,21H2,1H3,(H,41,43,48)(H,44,47,49)/t32-,33?/m1/s1. The highest BCUT2D eigenvalue weighted by Gasteiger charge is 2.39. The van der Waals surface area contributed by atoms with Crippen LogP contribution in [0, 0.1) is 23.5 Å². The Balaban J connectivity index is 0.928. The largest absolute Gasteiger partial charge is 0.357 e. The van der Waals surface area contributed by atoms with Crippen molar-refractivity contribution in [2.24, 2.45) is 0 Å². The number of carbonyl (C=O) groups excluding carboxylic acids is 4. The van der Waals surface area contributed by atoms with Crippen molar-refractivity contribution in [1.82, 2.24) is 25.1 Å². The number of fused-ring (bicyclic) bond motifs is 2. The second kappa shape index (κ2) is 13.8. The highest BCUT2D eigenvalue weighted by Crippen LogP contribution is 2.32. The fourth-order valence-corrected chi connectivity index (χ4v) is 7.14. The number of nitrogens with one attached hydrogen (secondary N) is 3. The highest BCUT2D eigenvalue weighted by atomic mass is 19.1. The van der Waals surface area contributed by atoms with Crippen LogP contribution >= 0.6 is 0 Å². The molecule has 3 N–H and O–H groups in total. The first kappa shape index (κ1) is 33.1. The summed E-state index contributed by atoms with van der Waals surface area (Å²) in [5, 5.41) is 5.87. The molecule has 2 fully saturated rings. The van der Waals surface area contributed by atoms with Gasteiger partial charge < -0.3 is 15.2 Å². The van der Waals surface area contributed by atoms with Crippen molar-refractivity contribution in [1.29, 1.82) is 0 Å². The van der Waals surface area contributed by atoms with Crippen LogP contribution in [0.3, 0.4) is 0 Å². The lowest BCUT2D eigenvalue weighted by atomic mass is 10.0. The SMILES string of the molecule is CN1CCC[C@@H]1c1cc2cnc(NC(=O)c3cc(F)c(CCCCC#Cc4cccc5c4CN(C4CCC(=O)NC4=O)C5=O)c(F)c3)cc2[nH]1. The van der Waals surface area contributed by atoms with Crippen LogP contribution in [-0.2, 0) is 22.6 Å². The molecule has 5 heterocycles. The molecule has 2 aromatic heterocycles. The van der Waals surface area contributed by atoms with Crippen LogP contribution in [0.25, 0.3) is 10.9 Å². The van der Waals surface area contributed by atoms with Gasteiger partial charge in [-0.2, -0.15) is 0 Å². The molecule has 0 saturated carbocycles. The Morgan fingerprint density at radius 3 is 2.64 bits per heavy atom. The number of piperidine rings is 1. The lowest BCUT2D eigenvalue weighted by molar-refractivity contribution is -0.136. The molecule has 0 radical (unpaired) electrons. The molecule has 4 amide bonds. The number of H-pyrrole nitrogens is 1. The average molecular weight is 679 g/mol. The van der Waals surface area contributed by atoms with E-state index in [1.807, 2.05) is 6.07 Å². The summed E-state index contributed by atoms with van der Waals surface area (Å²) >= 11 is 0. The molecule has 2 saturated heterocycles. The summed E-state index contributed by atoms with van der Waals surface area (Å²) < 4.78 is 30.0. The minimum atomic E-state index is -0.788. The lowest BCUT2D eigenvalue weighted by Gasteiger charge is -2.29. The first-order chi connectivity index (χ1) is 24.2. The number of amides is 4. The zero-order valence-electron chi connectivity index (χ0n) is 27.6. The molecule has 256 valence electrons. The number of carbonyl (C=O) groups is 4. The van der Waals surface area contributed by atoms with Gasteiger partial charge in [0.05, 0.1) is 5.52 Å². The van der Waals surface area contributed by atoms with Gasteiger partial charge in [-0.3, -0.25) is 29.4 Å². The number of rotatable bonds is 8. The summed E-state index contributed by atoms with van der Waals surface area (Å²) in [6, 6.07) is 10.7. The Kier molecular flexibility index (Phi) is 9.16. The van der Waals surface area contributed by atoms with Gasteiger partial charge in [-0.05, 0) is 88.0 Å². The number of unbranched alkanes of at least 4 members (excludes halogenated alkanes) is 2. The van der Waals surface area contributed by atoms with Crippen LogP contribution in [0.5, 0.6) is 0 Å². The number of anilines is 1. The van der Waals surface area contributed by atoms with Gasteiger partial charge in [0.2, 0.25) is 11.8 Å². The van der Waals surface area contributed by atoms with E-state index in [9.17, 15) is 19.2 Å². The average Bonchev–Trinajstić information content (AvgIpc) is 3.80. The molecule has 1 unspecified atom stereocenters. The van der Waals surface area contributed by atoms with E-state index in [1.54, 1.807) is 24.4 Å². The van der Waals surface area contributed by atoms with Crippen molar-refractivity contribution in [2.45, 2.75) is 70.0 Å². The van der Waals surface area contributed by atoms with Crippen molar-refractivity contribution in [3.63, 3.8) is 0 Å². The molecule has 10 nitrogen and oxygen atoms in total. The number of likely N-dealkylation sites (tertiary alicyclic amines) is 1. The molecule has 4 aromatic rings. The second-order valence-corrected chi connectivity index (χ2v) is 13.1. The van der Waals surface area contributed by atoms with Gasteiger partial charge in [-0.15, -0.1) is 0 Å². The number of nitrogens with zero attached hydrogens (tertiary/aromatic N) is 3. The van der Waals surface area contributed by atoms with E-state index in [4.69, 9.17) is 0 Å². The monoisotopic (exact) mass is 678 g/mol. The first-order valence-electron chi connectivity index (χ1n) is 16.9. The predicted molar refractivity (Wildman–Crippen MR) is 182 cm³/mol. The van der Waals surface area contributed by atoms with Crippen molar-refractivity contribution >= 4 is 40.3 Å². The normalized spacial score (nSPS) is 19.0. The summed E-state index contributed by atoms with van der Waals surface area (Å²) in [6.45, 7) is 1.27. The summed E-state index contributed by atoms with van der Waals surface area (Å²) in [6.07, 6.45) is 5.99. The summed E-state index contributed by atoms with van der Waals surface area (Å²) in [5.41, 5.74) is 3.60. The number of aromatic nitrogens is 2. The van der Waals surface area contributed by atoms with Gasteiger partial charge in [0.25, 0.3) is 11.8 Å². The van der Waals surface area contributed by atoms with Gasteiger partial charge >= 0.3 is 0 Å². The van der Waals surface area contributed by atoms with E-state index in [0.29, 0.717) is 36.4 Å². The van der Waals surface area contributed by atoms with Crippen molar-refractivity contribution in [3.8, 4) is 11.8 Å². The molecule has 7 rings (SSSR count). The predicted octanol–water partition coefficient (Wildman–Crippen LogP) is 5.39. The molecule has 2 aromatic carbocycles. The Morgan fingerprint density at radius 2 is 1.88 bits per heavy atom. The number of hydrogen-bond donors (Lipinski definition) is 3. The third-order valence-corrected chi connectivity index (χ3v) is 9.83. The maximum absolute atomic E-state index is 15.0. The molecule has 2 atom stereocenters. The van der Waals surface area contributed by atoms with Crippen LogP contribution in [0.1, 0.15) is 94.1 Å². The highest BCUT2D eigenvalue weighted by molar-refractivity contribution is 6.06. The van der Waals surface area contributed by atoms with Crippen LogP contribution in [-0.4, -0.2) is 63.0 Å². The smallest absolute Gasteiger partial charge is 0.257 e. The minimum Gasteiger partial charge on any atom is -0.357 e. The maximum atomic E-state index is 15.0. The molecule has 50 heavy (non-hydrogen) atoms. The zero-order valence-corrected chi connectivity index (χ0v) is 27.6. The number of imide groups is 1. The number of aromatic amines is 1. The summed E-state index contributed by atoms with van der Waals surface area (Å²) in [4.78, 5) is 61.4. The van der Waals surface area contributed by atoms with Crippen molar-refractivity contribution in [2.75, 3.05) is 18.9 Å². The van der Waals surface area contributed by atoms with E-state index >= 15 is 8.78 Å². The van der Waals surface area contributed by atoms with Crippen LogP contribution in [0.4, 0.5) is 14.6 Å².